The Morgan fingerprint density at radius 2 is 2.25 bits per heavy atom. The third-order valence-electron chi connectivity index (χ3n) is 4.85. The van der Waals surface area contributed by atoms with Crippen LogP contribution in [0.4, 0.5) is 10.5 Å². The first-order chi connectivity index (χ1) is 13.5. The minimum Gasteiger partial charge on any atom is -0.492 e. The van der Waals surface area contributed by atoms with Crippen LogP contribution in [0.15, 0.2) is 28.4 Å². The molecule has 8 heteroatoms. The number of hydrogen-bond donors (Lipinski definition) is 2. The lowest BCUT2D eigenvalue weighted by molar-refractivity contribution is -0.116. The number of carbonyl (C=O) groups excluding carboxylic acids is 2. The van der Waals surface area contributed by atoms with Gasteiger partial charge in [-0.3, -0.25) is 4.79 Å². The van der Waals surface area contributed by atoms with Crippen molar-refractivity contribution < 1.29 is 14.3 Å². The van der Waals surface area contributed by atoms with Crippen LogP contribution in [0, 0.1) is 19.3 Å². The zero-order valence-electron chi connectivity index (χ0n) is 16.0. The van der Waals surface area contributed by atoms with Crippen molar-refractivity contribution >= 4 is 17.6 Å². The second-order valence-corrected chi connectivity index (χ2v) is 6.98. The highest BCUT2D eigenvalue weighted by molar-refractivity contribution is 5.91. The van der Waals surface area contributed by atoms with Gasteiger partial charge in [-0.25, -0.2) is 4.79 Å². The van der Waals surface area contributed by atoms with Gasteiger partial charge in [-0.1, -0.05) is 0 Å². The SMILES string of the molecule is C#CCCC1(CCC(=O)Nc2ccc(OCCN3CCNC3=O)cc2C)N=N1. The molecule has 2 aliphatic rings. The molecule has 2 N–H and O–H groups in total. The first kappa shape index (κ1) is 19.7. The van der Waals surface area contributed by atoms with Crippen LogP contribution in [-0.2, 0) is 4.79 Å². The molecule has 1 saturated heterocycles. The molecule has 3 rings (SSSR count). The fourth-order valence-electron chi connectivity index (χ4n) is 3.06. The normalized spacial score (nSPS) is 16.4. The van der Waals surface area contributed by atoms with E-state index in [2.05, 4.69) is 26.8 Å². The van der Waals surface area contributed by atoms with E-state index >= 15 is 0 Å². The summed E-state index contributed by atoms with van der Waals surface area (Å²) in [5, 5.41) is 13.8. The zero-order chi connectivity index (χ0) is 20.0. The molecule has 2 aliphatic heterocycles. The Balaban J connectivity index is 1.42. The fraction of sp³-hybridized carbons (Fsp3) is 0.500. The Morgan fingerprint density at radius 1 is 1.43 bits per heavy atom. The fourth-order valence-corrected chi connectivity index (χ4v) is 3.06. The first-order valence-corrected chi connectivity index (χ1v) is 9.45. The van der Waals surface area contributed by atoms with Gasteiger partial charge in [-0.15, -0.1) is 12.3 Å². The molecule has 28 heavy (non-hydrogen) atoms. The summed E-state index contributed by atoms with van der Waals surface area (Å²) >= 11 is 0. The van der Waals surface area contributed by atoms with Gasteiger partial charge in [-0.2, -0.15) is 10.2 Å². The number of benzene rings is 1. The van der Waals surface area contributed by atoms with E-state index in [-0.39, 0.29) is 11.9 Å². The van der Waals surface area contributed by atoms with Gasteiger partial charge in [0.1, 0.15) is 12.4 Å². The van der Waals surface area contributed by atoms with Crippen molar-refractivity contribution in [2.24, 2.45) is 10.2 Å². The molecule has 148 valence electrons. The smallest absolute Gasteiger partial charge is 0.317 e. The molecule has 0 aliphatic carbocycles. The molecule has 0 spiro atoms. The summed E-state index contributed by atoms with van der Waals surface area (Å²) < 4.78 is 5.72. The van der Waals surface area contributed by atoms with Gasteiger partial charge in [0.2, 0.25) is 5.91 Å². The number of terminal acetylenes is 1. The third-order valence-corrected chi connectivity index (χ3v) is 4.85. The molecule has 1 aromatic carbocycles. The average molecular weight is 383 g/mol. The van der Waals surface area contributed by atoms with Gasteiger partial charge in [0.25, 0.3) is 0 Å². The van der Waals surface area contributed by atoms with Gasteiger partial charge in [0, 0.05) is 44.5 Å². The average Bonchev–Trinajstić information content (AvgIpc) is 3.34. The molecule has 0 aromatic heterocycles. The Bertz CT molecular complexity index is 809. The molecule has 0 radical (unpaired) electrons. The number of hydrogen-bond acceptors (Lipinski definition) is 5. The van der Waals surface area contributed by atoms with Gasteiger partial charge in [-0.05, 0) is 30.7 Å². The van der Waals surface area contributed by atoms with E-state index < -0.39 is 5.66 Å². The number of nitrogens with zero attached hydrogens (tertiary/aromatic N) is 3. The van der Waals surface area contributed by atoms with Crippen LogP contribution in [0.5, 0.6) is 5.75 Å². The molecular weight excluding hydrogens is 358 g/mol. The molecule has 1 aromatic rings. The summed E-state index contributed by atoms with van der Waals surface area (Å²) in [7, 11) is 0. The third kappa shape index (κ3) is 5.22. The number of aryl methyl sites for hydroxylation is 1. The summed E-state index contributed by atoms with van der Waals surface area (Å²) in [6.07, 6.45) is 7.49. The van der Waals surface area contributed by atoms with Crippen molar-refractivity contribution in [1.82, 2.24) is 10.2 Å². The minimum atomic E-state index is -0.442. The predicted molar refractivity (Wildman–Crippen MR) is 105 cm³/mol. The largest absolute Gasteiger partial charge is 0.492 e. The monoisotopic (exact) mass is 383 g/mol. The predicted octanol–water partition coefficient (Wildman–Crippen LogP) is 2.69. The van der Waals surface area contributed by atoms with Gasteiger partial charge in [0.05, 0.1) is 6.54 Å². The summed E-state index contributed by atoms with van der Waals surface area (Å²) in [6, 6.07) is 5.46. The highest BCUT2D eigenvalue weighted by Crippen LogP contribution is 2.37. The van der Waals surface area contributed by atoms with Crippen molar-refractivity contribution in [1.29, 1.82) is 0 Å². The van der Waals surface area contributed by atoms with Crippen molar-refractivity contribution in [3.8, 4) is 18.1 Å². The minimum absolute atomic E-state index is 0.0503. The first-order valence-electron chi connectivity index (χ1n) is 9.45. The van der Waals surface area contributed by atoms with Crippen LogP contribution < -0.4 is 15.4 Å². The Kier molecular flexibility index (Phi) is 6.14. The van der Waals surface area contributed by atoms with E-state index in [1.165, 1.54) is 0 Å². The number of carbonyl (C=O) groups is 2. The molecule has 1 fully saturated rings. The highest BCUT2D eigenvalue weighted by Gasteiger charge is 2.39. The number of rotatable bonds is 10. The van der Waals surface area contributed by atoms with E-state index in [1.807, 2.05) is 25.1 Å². The molecule has 0 bridgehead atoms. The zero-order valence-corrected chi connectivity index (χ0v) is 16.0. The van der Waals surface area contributed by atoms with Crippen molar-refractivity contribution in [3.63, 3.8) is 0 Å². The van der Waals surface area contributed by atoms with E-state index in [9.17, 15) is 9.59 Å². The Hall–Kier alpha value is -3.08. The number of ether oxygens (including phenoxy) is 1. The molecule has 0 saturated carbocycles. The summed E-state index contributed by atoms with van der Waals surface area (Å²) in [5.41, 5.74) is 1.22. The van der Waals surface area contributed by atoms with Crippen LogP contribution >= 0.6 is 0 Å². The van der Waals surface area contributed by atoms with E-state index in [4.69, 9.17) is 11.2 Å². The molecule has 0 unspecified atom stereocenters. The maximum Gasteiger partial charge on any atom is 0.317 e. The summed E-state index contributed by atoms with van der Waals surface area (Å²) in [5.74, 6) is 3.21. The van der Waals surface area contributed by atoms with E-state index in [1.54, 1.807) is 4.90 Å². The number of urea groups is 1. The molecule has 3 amide bonds. The van der Waals surface area contributed by atoms with Crippen LogP contribution in [0.25, 0.3) is 0 Å². The molecule has 0 atom stereocenters. The maximum absolute atomic E-state index is 12.2. The van der Waals surface area contributed by atoms with Crippen LogP contribution in [0.2, 0.25) is 0 Å². The van der Waals surface area contributed by atoms with Crippen LogP contribution in [-0.4, -0.2) is 48.7 Å². The highest BCUT2D eigenvalue weighted by atomic mass is 16.5. The lowest BCUT2D eigenvalue weighted by Gasteiger charge is -2.15. The van der Waals surface area contributed by atoms with E-state index in [0.717, 1.165) is 11.3 Å². The quantitative estimate of drug-likeness (QED) is 0.608. The lowest BCUT2D eigenvalue weighted by Crippen LogP contribution is -2.31. The van der Waals surface area contributed by atoms with Crippen LogP contribution in [0.1, 0.15) is 31.2 Å². The summed E-state index contributed by atoms with van der Waals surface area (Å²) in [6.45, 7) is 4.26. The van der Waals surface area contributed by atoms with Crippen molar-refractivity contribution in [3.05, 3.63) is 23.8 Å². The maximum atomic E-state index is 12.2. The van der Waals surface area contributed by atoms with Gasteiger partial charge >= 0.3 is 6.03 Å². The van der Waals surface area contributed by atoms with Gasteiger partial charge < -0.3 is 20.3 Å². The van der Waals surface area contributed by atoms with E-state index in [0.29, 0.717) is 57.7 Å². The molecule has 8 nitrogen and oxygen atoms in total. The molecule has 2 heterocycles. The standard InChI is InChI=1S/C20H25N5O3/c1-3-4-8-20(23-24-20)9-7-18(26)22-17-6-5-16(14-15(17)2)28-13-12-25-11-10-21-19(25)27/h1,5-6,14H,4,7-13H2,2H3,(H,21,27)(H,22,26). The second-order valence-electron chi connectivity index (χ2n) is 6.98. The molecular formula is C20H25N5O3. The van der Waals surface area contributed by atoms with Crippen LogP contribution in [0.3, 0.4) is 0 Å². The van der Waals surface area contributed by atoms with Crippen molar-refractivity contribution in [2.75, 3.05) is 31.6 Å². The Morgan fingerprint density at radius 3 is 2.89 bits per heavy atom. The number of anilines is 1. The summed E-state index contributed by atoms with van der Waals surface area (Å²) in [4.78, 5) is 25.4. The topological polar surface area (TPSA) is 95.4 Å². The van der Waals surface area contributed by atoms with Crippen molar-refractivity contribution in [2.45, 2.75) is 38.3 Å². The Labute approximate surface area is 164 Å². The lowest BCUT2D eigenvalue weighted by atomic mass is 10.0. The second kappa shape index (κ2) is 8.74. The van der Waals surface area contributed by atoms with Gasteiger partial charge in [0.15, 0.2) is 5.66 Å². The number of nitrogens with one attached hydrogen (secondary N) is 2. The number of amides is 3.